The first-order valence-electron chi connectivity index (χ1n) is 5.18. The summed E-state index contributed by atoms with van der Waals surface area (Å²) in [7, 11) is 1.68. The standard InChI is InChI=1S/C10H19N5.HI/c1-9-13-6-8-15(9)7-4-3-5-14-10(11)12-2;/h6,8H,3-5,7H2,1-2H3,(H3,11,12,14);1H. The highest BCUT2D eigenvalue weighted by atomic mass is 127. The lowest BCUT2D eigenvalue weighted by molar-refractivity contribution is 0.590. The lowest BCUT2D eigenvalue weighted by Crippen LogP contribution is -2.32. The van der Waals surface area contributed by atoms with Crippen LogP contribution in [0, 0.1) is 6.92 Å². The van der Waals surface area contributed by atoms with Crippen LogP contribution >= 0.6 is 24.0 Å². The minimum atomic E-state index is 0. The monoisotopic (exact) mass is 337 g/mol. The fraction of sp³-hybridized carbons (Fsp3) is 0.600. The molecular weight excluding hydrogens is 317 g/mol. The molecule has 1 heterocycles. The molecule has 0 radical (unpaired) electrons. The largest absolute Gasteiger partial charge is 0.370 e. The minimum Gasteiger partial charge on any atom is -0.370 e. The van der Waals surface area contributed by atoms with Gasteiger partial charge in [-0.3, -0.25) is 4.99 Å². The van der Waals surface area contributed by atoms with Crippen LogP contribution in [0.15, 0.2) is 17.4 Å². The molecule has 0 aliphatic heterocycles. The highest BCUT2D eigenvalue weighted by Crippen LogP contribution is 1.98. The van der Waals surface area contributed by atoms with E-state index in [1.54, 1.807) is 7.05 Å². The maximum Gasteiger partial charge on any atom is 0.188 e. The van der Waals surface area contributed by atoms with E-state index >= 15 is 0 Å². The number of aromatic nitrogens is 2. The number of aliphatic imine (C=N–C) groups is 1. The average molecular weight is 337 g/mol. The third kappa shape index (κ3) is 5.34. The Kier molecular flexibility index (Phi) is 7.96. The van der Waals surface area contributed by atoms with Crippen molar-refractivity contribution in [3.63, 3.8) is 0 Å². The van der Waals surface area contributed by atoms with Crippen LogP contribution in [0.5, 0.6) is 0 Å². The Balaban J connectivity index is 0.00000225. The second-order valence-electron chi connectivity index (χ2n) is 3.41. The molecular formula is C10H20IN5. The van der Waals surface area contributed by atoms with Gasteiger partial charge in [0.1, 0.15) is 5.82 Å². The SMILES string of the molecule is CN=C(N)NCCCCn1ccnc1C.I. The highest BCUT2D eigenvalue weighted by molar-refractivity contribution is 14.0. The Bertz CT molecular complexity index is 321. The molecule has 6 heteroatoms. The average Bonchev–Trinajstić information content (AvgIpc) is 2.63. The summed E-state index contributed by atoms with van der Waals surface area (Å²) in [5.41, 5.74) is 5.50. The molecule has 0 saturated heterocycles. The number of imidazole rings is 1. The highest BCUT2D eigenvalue weighted by Gasteiger charge is 1.96. The number of hydrogen-bond acceptors (Lipinski definition) is 2. The zero-order chi connectivity index (χ0) is 11.1. The summed E-state index contributed by atoms with van der Waals surface area (Å²) in [4.78, 5) is 7.98. The van der Waals surface area contributed by atoms with Gasteiger partial charge in [-0.25, -0.2) is 4.98 Å². The third-order valence-corrected chi connectivity index (χ3v) is 2.30. The Morgan fingerprint density at radius 3 is 2.88 bits per heavy atom. The van der Waals surface area contributed by atoms with Crippen molar-refractivity contribution in [1.82, 2.24) is 14.9 Å². The molecule has 0 amide bonds. The molecule has 16 heavy (non-hydrogen) atoms. The first kappa shape index (κ1) is 15.2. The number of nitrogens with two attached hydrogens (primary N) is 1. The predicted molar refractivity (Wildman–Crippen MR) is 77.2 cm³/mol. The lowest BCUT2D eigenvalue weighted by atomic mass is 10.3. The second-order valence-corrected chi connectivity index (χ2v) is 3.41. The smallest absolute Gasteiger partial charge is 0.188 e. The number of rotatable bonds is 5. The van der Waals surface area contributed by atoms with E-state index in [-0.39, 0.29) is 24.0 Å². The molecule has 0 atom stereocenters. The molecule has 0 saturated carbocycles. The molecule has 5 nitrogen and oxygen atoms in total. The summed E-state index contributed by atoms with van der Waals surface area (Å²) >= 11 is 0. The van der Waals surface area contributed by atoms with E-state index in [1.165, 1.54) is 0 Å². The van der Waals surface area contributed by atoms with E-state index in [9.17, 15) is 0 Å². The Hall–Kier alpha value is -0.790. The zero-order valence-corrected chi connectivity index (χ0v) is 12.1. The summed E-state index contributed by atoms with van der Waals surface area (Å²) in [6.45, 7) is 3.90. The van der Waals surface area contributed by atoms with Crippen molar-refractivity contribution in [3.05, 3.63) is 18.2 Å². The van der Waals surface area contributed by atoms with Crippen LogP contribution in [-0.4, -0.2) is 29.1 Å². The summed E-state index contributed by atoms with van der Waals surface area (Å²) in [5.74, 6) is 1.58. The van der Waals surface area contributed by atoms with Crippen LogP contribution in [0.4, 0.5) is 0 Å². The van der Waals surface area contributed by atoms with Crippen LogP contribution in [0.1, 0.15) is 18.7 Å². The molecule has 92 valence electrons. The van der Waals surface area contributed by atoms with Gasteiger partial charge in [0.05, 0.1) is 0 Å². The van der Waals surface area contributed by atoms with Gasteiger partial charge in [-0.1, -0.05) is 0 Å². The number of nitrogens with one attached hydrogen (secondary N) is 1. The van der Waals surface area contributed by atoms with Crippen molar-refractivity contribution >= 4 is 29.9 Å². The fourth-order valence-electron chi connectivity index (χ4n) is 1.34. The Morgan fingerprint density at radius 1 is 1.56 bits per heavy atom. The number of unbranched alkanes of at least 4 members (excludes halogenated alkanes) is 1. The van der Waals surface area contributed by atoms with Crippen LogP contribution in [0.25, 0.3) is 0 Å². The Morgan fingerprint density at radius 2 is 2.31 bits per heavy atom. The quantitative estimate of drug-likeness (QED) is 0.366. The predicted octanol–water partition coefficient (Wildman–Crippen LogP) is 1.12. The Labute approximate surface area is 114 Å². The number of halogens is 1. The summed E-state index contributed by atoms with van der Waals surface area (Å²) in [5, 5.41) is 3.03. The number of aryl methyl sites for hydroxylation is 2. The molecule has 1 rings (SSSR count). The lowest BCUT2D eigenvalue weighted by Gasteiger charge is -2.06. The van der Waals surface area contributed by atoms with Gasteiger partial charge in [0, 0.05) is 32.5 Å². The van der Waals surface area contributed by atoms with Gasteiger partial charge in [0.25, 0.3) is 0 Å². The van der Waals surface area contributed by atoms with E-state index in [0.717, 1.165) is 31.8 Å². The topological polar surface area (TPSA) is 68.2 Å². The zero-order valence-electron chi connectivity index (χ0n) is 9.81. The summed E-state index contributed by atoms with van der Waals surface area (Å²) in [6, 6.07) is 0. The fourth-order valence-corrected chi connectivity index (χ4v) is 1.34. The van der Waals surface area contributed by atoms with E-state index in [2.05, 4.69) is 19.9 Å². The van der Waals surface area contributed by atoms with E-state index in [1.807, 2.05) is 19.3 Å². The first-order valence-corrected chi connectivity index (χ1v) is 5.18. The molecule has 1 aromatic rings. The maximum atomic E-state index is 5.50. The second kappa shape index (κ2) is 8.37. The van der Waals surface area contributed by atoms with E-state index in [0.29, 0.717) is 5.96 Å². The van der Waals surface area contributed by atoms with Crippen LogP contribution < -0.4 is 11.1 Å². The van der Waals surface area contributed by atoms with Crippen molar-refractivity contribution < 1.29 is 0 Å². The van der Waals surface area contributed by atoms with E-state index in [4.69, 9.17) is 5.73 Å². The van der Waals surface area contributed by atoms with Crippen LogP contribution in [0.3, 0.4) is 0 Å². The van der Waals surface area contributed by atoms with Crippen LogP contribution in [-0.2, 0) is 6.54 Å². The minimum absolute atomic E-state index is 0. The van der Waals surface area contributed by atoms with Crippen molar-refractivity contribution in [2.75, 3.05) is 13.6 Å². The number of guanidine groups is 1. The maximum absolute atomic E-state index is 5.50. The van der Waals surface area contributed by atoms with Gasteiger partial charge in [-0.15, -0.1) is 24.0 Å². The summed E-state index contributed by atoms with van der Waals surface area (Å²) in [6.07, 6.45) is 6.02. The molecule has 0 aromatic carbocycles. The molecule has 0 aliphatic carbocycles. The molecule has 0 unspecified atom stereocenters. The van der Waals surface area contributed by atoms with Gasteiger partial charge in [-0.05, 0) is 19.8 Å². The normalized spacial score (nSPS) is 11.0. The third-order valence-electron chi connectivity index (χ3n) is 2.30. The van der Waals surface area contributed by atoms with Crippen molar-refractivity contribution in [2.24, 2.45) is 10.7 Å². The molecule has 0 bridgehead atoms. The molecule has 3 N–H and O–H groups in total. The van der Waals surface area contributed by atoms with Gasteiger partial charge >= 0.3 is 0 Å². The van der Waals surface area contributed by atoms with Gasteiger partial charge in [-0.2, -0.15) is 0 Å². The van der Waals surface area contributed by atoms with Gasteiger partial charge in [0.15, 0.2) is 5.96 Å². The van der Waals surface area contributed by atoms with Crippen molar-refractivity contribution in [2.45, 2.75) is 26.3 Å². The van der Waals surface area contributed by atoms with Crippen molar-refractivity contribution in [1.29, 1.82) is 0 Å². The van der Waals surface area contributed by atoms with Crippen LogP contribution in [0.2, 0.25) is 0 Å². The van der Waals surface area contributed by atoms with E-state index < -0.39 is 0 Å². The van der Waals surface area contributed by atoms with Gasteiger partial charge < -0.3 is 15.6 Å². The number of nitrogens with zero attached hydrogens (tertiary/aromatic N) is 3. The summed E-state index contributed by atoms with van der Waals surface area (Å²) < 4.78 is 2.15. The van der Waals surface area contributed by atoms with Crippen molar-refractivity contribution in [3.8, 4) is 0 Å². The molecule has 1 aromatic heterocycles. The number of hydrogen-bond donors (Lipinski definition) is 2. The first-order chi connectivity index (χ1) is 7.24. The van der Waals surface area contributed by atoms with Gasteiger partial charge in [0.2, 0.25) is 0 Å². The molecule has 0 fully saturated rings. The molecule has 0 aliphatic rings. The molecule has 0 spiro atoms.